The first-order chi connectivity index (χ1) is 7.55. The lowest BCUT2D eigenvalue weighted by atomic mass is 9.76. The highest BCUT2D eigenvalue weighted by atomic mass is 79.9. The van der Waals surface area contributed by atoms with Crippen LogP contribution in [-0.2, 0) is 6.42 Å². The summed E-state index contributed by atoms with van der Waals surface area (Å²) in [7, 11) is 0. The van der Waals surface area contributed by atoms with Gasteiger partial charge >= 0.3 is 0 Å². The molecule has 0 aliphatic heterocycles. The van der Waals surface area contributed by atoms with Crippen LogP contribution in [0.1, 0.15) is 38.2 Å². The zero-order chi connectivity index (χ0) is 11.6. The van der Waals surface area contributed by atoms with Crippen LogP contribution in [0.3, 0.4) is 0 Å². The Labute approximate surface area is 106 Å². The first kappa shape index (κ1) is 12.1. The highest BCUT2D eigenvalue weighted by Crippen LogP contribution is 2.35. The van der Waals surface area contributed by atoms with Gasteiger partial charge in [-0.3, -0.25) is 0 Å². The van der Waals surface area contributed by atoms with Crippen molar-refractivity contribution < 1.29 is 5.11 Å². The second kappa shape index (κ2) is 4.89. The maximum Gasteiger partial charge on any atom is 0.0662 e. The van der Waals surface area contributed by atoms with E-state index >= 15 is 0 Å². The number of halogens is 1. The van der Waals surface area contributed by atoms with Gasteiger partial charge in [-0.2, -0.15) is 0 Å². The van der Waals surface area contributed by atoms with Gasteiger partial charge in [-0.15, -0.1) is 0 Å². The highest BCUT2D eigenvalue weighted by Gasteiger charge is 2.28. The van der Waals surface area contributed by atoms with Crippen LogP contribution in [0, 0.1) is 5.92 Å². The second-order valence-electron chi connectivity index (χ2n) is 5.30. The number of hydrogen-bond acceptors (Lipinski definition) is 1. The molecule has 1 saturated carbocycles. The van der Waals surface area contributed by atoms with Crippen molar-refractivity contribution in [1.82, 2.24) is 0 Å². The van der Waals surface area contributed by atoms with E-state index in [-0.39, 0.29) is 0 Å². The van der Waals surface area contributed by atoms with Gasteiger partial charge < -0.3 is 5.11 Å². The molecular formula is C14H19BrO. The molecule has 1 fully saturated rings. The SMILES string of the molecule is CC(O)(Cc1cccc(Br)c1)CC1CCC1. The first-order valence-electron chi connectivity index (χ1n) is 6.02. The molecule has 1 N–H and O–H groups in total. The predicted octanol–water partition coefficient (Wildman–Crippen LogP) is 3.93. The maximum absolute atomic E-state index is 10.4. The van der Waals surface area contributed by atoms with Gasteiger partial charge in [0.25, 0.3) is 0 Å². The van der Waals surface area contributed by atoms with Crippen LogP contribution in [-0.4, -0.2) is 10.7 Å². The fourth-order valence-corrected chi connectivity index (χ4v) is 2.92. The Bertz CT molecular complexity index is 356. The quantitative estimate of drug-likeness (QED) is 0.887. The van der Waals surface area contributed by atoms with Crippen LogP contribution in [0.2, 0.25) is 0 Å². The van der Waals surface area contributed by atoms with E-state index in [1.807, 2.05) is 19.1 Å². The Morgan fingerprint density at radius 3 is 2.75 bits per heavy atom. The van der Waals surface area contributed by atoms with Gasteiger partial charge in [-0.05, 0) is 37.0 Å². The van der Waals surface area contributed by atoms with E-state index in [0.29, 0.717) is 0 Å². The van der Waals surface area contributed by atoms with Crippen LogP contribution in [0.5, 0.6) is 0 Å². The standard InChI is InChI=1S/C14H19BrO/c1-14(16,9-11-4-2-5-11)10-12-6-3-7-13(15)8-12/h3,6-8,11,16H,2,4-5,9-10H2,1H3. The predicted molar refractivity (Wildman–Crippen MR) is 70.4 cm³/mol. The van der Waals surface area contributed by atoms with Crippen molar-refractivity contribution in [3.63, 3.8) is 0 Å². The van der Waals surface area contributed by atoms with Crippen LogP contribution >= 0.6 is 15.9 Å². The van der Waals surface area contributed by atoms with Gasteiger partial charge in [0, 0.05) is 10.9 Å². The van der Waals surface area contributed by atoms with E-state index in [1.54, 1.807) is 0 Å². The van der Waals surface area contributed by atoms with E-state index in [9.17, 15) is 5.11 Å². The fourth-order valence-electron chi connectivity index (χ4n) is 2.48. The minimum absolute atomic E-state index is 0.550. The average molecular weight is 283 g/mol. The Morgan fingerprint density at radius 1 is 1.44 bits per heavy atom. The summed E-state index contributed by atoms with van der Waals surface area (Å²) in [6.07, 6.45) is 5.64. The molecule has 0 amide bonds. The molecule has 2 rings (SSSR count). The summed E-state index contributed by atoms with van der Waals surface area (Å²) in [6, 6.07) is 8.22. The summed E-state index contributed by atoms with van der Waals surface area (Å²) in [6.45, 7) is 1.96. The van der Waals surface area contributed by atoms with Gasteiger partial charge in [0.2, 0.25) is 0 Å². The van der Waals surface area contributed by atoms with E-state index in [0.717, 1.165) is 23.2 Å². The molecule has 1 aliphatic rings. The van der Waals surface area contributed by atoms with Crippen LogP contribution in [0.15, 0.2) is 28.7 Å². The van der Waals surface area contributed by atoms with Gasteiger partial charge in [0.15, 0.2) is 0 Å². The molecule has 16 heavy (non-hydrogen) atoms. The Morgan fingerprint density at radius 2 is 2.19 bits per heavy atom. The lowest BCUT2D eigenvalue weighted by Gasteiger charge is -2.33. The van der Waals surface area contributed by atoms with Crippen molar-refractivity contribution in [3.8, 4) is 0 Å². The van der Waals surface area contributed by atoms with Crippen LogP contribution < -0.4 is 0 Å². The number of aliphatic hydroxyl groups is 1. The van der Waals surface area contributed by atoms with Crippen molar-refractivity contribution in [3.05, 3.63) is 34.3 Å². The first-order valence-corrected chi connectivity index (χ1v) is 6.81. The molecule has 0 bridgehead atoms. The van der Waals surface area contributed by atoms with Gasteiger partial charge in [0.1, 0.15) is 0 Å². The lowest BCUT2D eigenvalue weighted by Crippen LogP contribution is -2.32. The van der Waals surface area contributed by atoms with Crippen LogP contribution in [0.25, 0.3) is 0 Å². The Kier molecular flexibility index (Phi) is 3.70. The largest absolute Gasteiger partial charge is 0.390 e. The molecule has 1 aromatic rings. The maximum atomic E-state index is 10.4. The zero-order valence-corrected chi connectivity index (χ0v) is 11.3. The number of rotatable bonds is 4. The number of hydrogen-bond donors (Lipinski definition) is 1. The third-order valence-corrected chi connectivity index (χ3v) is 3.92. The molecule has 88 valence electrons. The van der Waals surface area contributed by atoms with Crippen molar-refractivity contribution >= 4 is 15.9 Å². The summed E-state index contributed by atoms with van der Waals surface area (Å²) >= 11 is 3.46. The van der Waals surface area contributed by atoms with Crippen LogP contribution in [0.4, 0.5) is 0 Å². The third kappa shape index (κ3) is 3.33. The summed E-state index contributed by atoms with van der Waals surface area (Å²) in [5.74, 6) is 0.752. The van der Waals surface area contributed by atoms with E-state index in [4.69, 9.17) is 0 Å². The molecule has 1 atom stereocenters. The zero-order valence-electron chi connectivity index (χ0n) is 9.75. The molecule has 1 aliphatic carbocycles. The molecule has 1 unspecified atom stereocenters. The molecule has 1 aromatic carbocycles. The third-order valence-electron chi connectivity index (χ3n) is 3.43. The monoisotopic (exact) mass is 282 g/mol. The molecule has 0 heterocycles. The van der Waals surface area contributed by atoms with Crippen molar-refractivity contribution in [2.75, 3.05) is 0 Å². The van der Waals surface area contributed by atoms with Gasteiger partial charge in [-0.1, -0.05) is 47.3 Å². The summed E-state index contributed by atoms with van der Waals surface area (Å²) < 4.78 is 1.09. The smallest absolute Gasteiger partial charge is 0.0662 e. The highest BCUT2D eigenvalue weighted by molar-refractivity contribution is 9.10. The van der Waals surface area contributed by atoms with Crippen molar-refractivity contribution in [2.24, 2.45) is 5.92 Å². The van der Waals surface area contributed by atoms with Gasteiger partial charge in [0.05, 0.1) is 5.60 Å². The Hall–Kier alpha value is -0.340. The van der Waals surface area contributed by atoms with E-state index in [1.165, 1.54) is 24.8 Å². The summed E-state index contributed by atoms with van der Waals surface area (Å²) in [5, 5.41) is 10.4. The molecular weight excluding hydrogens is 264 g/mol. The van der Waals surface area contributed by atoms with Crippen molar-refractivity contribution in [1.29, 1.82) is 0 Å². The van der Waals surface area contributed by atoms with Crippen molar-refractivity contribution in [2.45, 2.75) is 44.6 Å². The molecule has 0 spiro atoms. The lowest BCUT2D eigenvalue weighted by molar-refractivity contribution is 0.0204. The molecule has 0 radical (unpaired) electrons. The summed E-state index contributed by atoms with van der Waals surface area (Å²) in [4.78, 5) is 0. The minimum atomic E-state index is -0.550. The number of benzene rings is 1. The van der Waals surface area contributed by atoms with Gasteiger partial charge in [-0.25, -0.2) is 0 Å². The second-order valence-corrected chi connectivity index (χ2v) is 6.22. The molecule has 0 saturated heterocycles. The fraction of sp³-hybridized carbons (Fsp3) is 0.571. The average Bonchev–Trinajstić information content (AvgIpc) is 2.11. The summed E-state index contributed by atoms with van der Waals surface area (Å²) in [5.41, 5.74) is 0.657. The minimum Gasteiger partial charge on any atom is -0.390 e. The topological polar surface area (TPSA) is 20.2 Å². The Balaban J connectivity index is 1.96. The molecule has 1 nitrogen and oxygen atoms in total. The van der Waals surface area contributed by atoms with E-state index in [2.05, 4.69) is 28.1 Å². The van der Waals surface area contributed by atoms with E-state index < -0.39 is 5.60 Å². The molecule has 2 heteroatoms. The normalized spacial score (nSPS) is 20.2. The molecule has 0 aromatic heterocycles.